The fourth-order valence-electron chi connectivity index (χ4n) is 2.79. The van der Waals surface area contributed by atoms with E-state index in [4.69, 9.17) is 9.84 Å². The fourth-order valence-corrected chi connectivity index (χ4v) is 2.79. The van der Waals surface area contributed by atoms with E-state index >= 15 is 0 Å². The van der Waals surface area contributed by atoms with E-state index in [9.17, 15) is 4.79 Å². The number of aliphatic carboxylic acids is 1. The van der Waals surface area contributed by atoms with Crippen molar-refractivity contribution in [2.24, 2.45) is 0 Å². The summed E-state index contributed by atoms with van der Waals surface area (Å²) in [6.45, 7) is 2.68. The van der Waals surface area contributed by atoms with Crippen molar-refractivity contribution in [2.75, 3.05) is 19.8 Å². The standard InChI is InChI=1S/C13H16N2O3/c16-12(17)6-13(8-18-9-13)15-5-3-11-10(7-15)2-1-4-14-11/h1-2,4H,3,5-9H2,(H,16,17). The van der Waals surface area contributed by atoms with Crippen molar-refractivity contribution < 1.29 is 14.6 Å². The number of carboxylic acid groups (broad SMARTS) is 1. The van der Waals surface area contributed by atoms with Crippen LogP contribution in [0.25, 0.3) is 0 Å². The Hall–Kier alpha value is -1.46. The monoisotopic (exact) mass is 248 g/mol. The quantitative estimate of drug-likeness (QED) is 0.852. The first kappa shape index (κ1) is 11.6. The molecule has 0 bridgehead atoms. The first-order valence-electron chi connectivity index (χ1n) is 6.17. The van der Waals surface area contributed by atoms with E-state index in [1.807, 2.05) is 12.3 Å². The molecular weight excluding hydrogens is 232 g/mol. The molecule has 0 spiro atoms. The van der Waals surface area contributed by atoms with Crippen molar-refractivity contribution >= 4 is 5.97 Å². The second-order valence-electron chi connectivity index (χ2n) is 5.07. The molecule has 0 atom stereocenters. The zero-order valence-electron chi connectivity index (χ0n) is 10.1. The SMILES string of the molecule is O=C(O)CC1(N2CCc3ncccc3C2)COC1. The molecule has 5 nitrogen and oxygen atoms in total. The summed E-state index contributed by atoms with van der Waals surface area (Å²) in [5.74, 6) is -0.754. The number of rotatable bonds is 3. The zero-order valence-corrected chi connectivity index (χ0v) is 10.1. The largest absolute Gasteiger partial charge is 0.481 e. The average molecular weight is 248 g/mol. The minimum Gasteiger partial charge on any atom is -0.481 e. The summed E-state index contributed by atoms with van der Waals surface area (Å²) in [6.07, 6.45) is 2.86. The molecule has 1 N–H and O–H groups in total. The number of fused-ring (bicyclic) bond motifs is 1. The van der Waals surface area contributed by atoms with Crippen molar-refractivity contribution in [3.63, 3.8) is 0 Å². The van der Waals surface area contributed by atoms with Gasteiger partial charge in [-0.3, -0.25) is 14.7 Å². The van der Waals surface area contributed by atoms with Gasteiger partial charge in [-0.15, -0.1) is 0 Å². The van der Waals surface area contributed by atoms with Gasteiger partial charge in [-0.05, 0) is 11.6 Å². The summed E-state index contributed by atoms with van der Waals surface area (Å²) in [6, 6.07) is 4.01. The molecule has 3 rings (SSSR count). The third-order valence-electron chi connectivity index (χ3n) is 3.86. The van der Waals surface area contributed by atoms with Crippen LogP contribution in [0.5, 0.6) is 0 Å². The Bertz CT molecular complexity index is 471. The van der Waals surface area contributed by atoms with Gasteiger partial charge in [-0.1, -0.05) is 6.07 Å². The van der Waals surface area contributed by atoms with E-state index in [1.54, 1.807) is 0 Å². The smallest absolute Gasteiger partial charge is 0.305 e. The molecule has 0 saturated carbocycles. The number of pyridine rings is 1. The highest BCUT2D eigenvalue weighted by Crippen LogP contribution is 2.33. The Kier molecular flexibility index (Phi) is 2.80. The second-order valence-corrected chi connectivity index (χ2v) is 5.07. The fraction of sp³-hybridized carbons (Fsp3) is 0.538. The number of ether oxygens (including phenoxy) is 1. The maximum absolute atomic E-state index is 11.0. The summed E-state index contributed by atoms with van der Waals surface area (Å²) in [4.78, 5) is 17.6. The Morgan fingerprint density at radius 2 is 2.39 bits per heavy atom. The zero-order chi connectivity index (χ0) is 12.6. The summed E-state index contributed by atoms with van der Waals surface area (Å²) < 4.78 is 5.26. The molecule has 3 heterocycles. The van der Waals surface area contributed by atoms with Crippen molar-refractivity contribution in [3.05, 3.63) is 29.6 Å². The Balaban J connectivity index is 1.80. The number of hydrogen-bond acceptors (Lipinski definition) is 4. The van der Waals surface area contributed by atoms with E-state index in [-0.39, 0.29) is 12.0 Å². The van der Waals surface area contributed by atoms with Crippen LogP contribution >= 0.6 is 0 Å². The second kappa shape index (κ2) is 4.33. The van der Waals surface area contributed by atoms with Crippen LogP contribution < -0.4 is 0 Å². The van der Waals surface area contributed by atoms with Crippen molar-refractivity contribution in [3.8, 4) is 0 Å². The van der Waals surface area contributed by atoms with Gasteiger partial charge in [0.05, 0.1) is 25.2 Å². The van der Waals surface area contributed by atoms with Crippen LogP contribution in [0.2, 0.25) is 0 Å². The van der Waals surface area contributed by atoms with Gasteiger partial charge in [0, 0.05) is 31.4 Å². The molecule has 5 heteroatoms. The molecule has 1 fully saturated rings. The highest BCUT2D eigenvalue weighted by molar-refractivity contribution is 5.68. The molecule has 0 unspecified atom stereocenters. The molecule has 2 aliphatic heterocycles. The lowest BCUT2D eigenvalue weighted by Crippen LogP contribution is -2.63. The molecule has 0 aliphatic carbocycles. The lowest BCUT2D eigenvalue weighted by Gasteiger charge is -2.50. The van der Waals surface area contributed by atoms with Gasteiger partial charge in [0.15, 0.2) is 0 Å². The highest BCUT2D eigenvalue weighted by Gasteiger charge is 2.46. The molecule has 0 aromatic carbocycles. The highest BCUT2D eigenvalue weighted by atomic mass is 16.5. The lowest BCUT2D eigenvalue weighted by atomic mass is 9.88. The molecule has 96 valence electrons. The van der Waals surface area contributed by atoms with Gasteiger partial charge in [0.2, 0.25) is 0 Å². The third kappa shape index (κ3) is 1.89. The molecule has 2 aliphatic rings. The van der Waals surface area contributed by atoms with Crippen LogP contribution in [0.4, 0.5) is 0 Å². The van der Waals surface area contributed by atoms with Crippen LogP contribution in [0.1, 0.15) is 17.7 Å². The van der Waals surface area contributed by atoms with Gasteiger partial charge in [0.25, 0.3) is 0 Å². The van der Waals surface area contributed by atoms with Gasteiger partial charge in [0.1, 0.15) is 0 Å². The van der Waals surface area contributed by atoms with Crippen LogP contribution in [-0.4, -0.2) is 46.3 Å². The lowest BCUT2D eigenvalue weighted by molar-refractivity contribution is -0.168. The van der Waals surface area contributed by atoms with Gasteiger partial charge < -0.3 is 9.84 Å². The van der Waals surface area contributed by atoms with E-state index in [2.05, 4.69) is 16.0 Å². The number of nitrogens with zero attached hydrogens (tertiary/aromatic N) is 2. The van der Waals surface area contributed by atoms with E-state index in [0.717, 1.165) is 25.2 Å². The first-order valence-corrected chi connectivity index (χ1v) is 6.17. The Labute approximate surface area is 105 Å². The predicted octanol–water partition coefficient (Wildman–Crippen LogP) is 0.683. The maximum Gasteiger partial charge on any atom is 0.305 e. The minimum absolute atomic E-state index is 0.155. The van der Waals surface area contributed by atoms with Crippen molar-refractivity contribution in [1.29, 1.82) is 0 Å². The number of aromatic nitrogens is 1. The minimum atomic E-state index is -0.754. The van der Waals surface area contributed by atoms with E-state index in [0.29, 0.717) is 13.2 Å². The first-order chi connectivity index (χ1) is 8.70. The Morgan fingerprint density at radius 1 is 1.56 bits per heavy atom. The molecule has 0 radical (unpaired) electrons. The van der Waals surface area contributed by atoms with Gasteiger partial charge in [-0.2, -0.15) is 0 Å². The Morgan fingerprint density at radius 3 is 3.06 bits per heavy atom. The van der Waals surface area contributed by atoms with Gasteiger partial charge in [-0.25, -0.2) is 0 Å². The molecular formula is C13H16N2O3. The van der Waals surface area contributed by atoms with Crippen molar-refractivity contribution in [1.82, 2.24) is 9.88 Å². The van der Waals surface area contributed by atoms with Gasteiger partial charge >= 0.3 is 5.97 Å². The van der Waals surface area contributed by atoms with Crippen LogP contribution in [0.3, 0.4) is 0 Å². The normalized spacial score (nSPS) is 22.0. The molecule has 18 heavy (non-hydrogen) atoms. The summed E-state index contributed by atoms with van der Waals surface area (Å²) in [5, 5.41) is 9.05. The summed E-state index contributed by atoms with van der Waals surface area (Å²) in [7, 11) is 0. The van der Waals surface area contributed by atoms with Crippen LogP contribution in [-0.2, 0) is 22.5 Å². The molecule has 1 aromatic rings. The third-order valence-corrected chi connectivity index (χ3v) is 3.86. The maximum atomic E-state index is 11.0. The number of carboxylic acids is 1. The van der Waals surface area contributed by atoms with Crippen molar-refractivity contribution in [2.45, 2.75) is 24.9 Å². The topological polar surface area (TPSA) is 62.7 Å². The van der Waals surface area contributed by atoms with Crippen LogP contribution in [0, 0.1) is 0 Å². The average Bonchev–Trinajstić information content (AvgIpc) is 2.33. The number of carbonyl (C=O) groups is 1. The molecule has 1 aromatic heterocycles. The molecule has 1 saturated heterocycles. The van der Waals surface area contributed by atoms with Crippen LogP contribution in [0.15, 0.2) is 18.3 Å². The van der Waals surface area contributed by atoms with E-state index < -0.39 is 5.97 Å². The summed E-state index contributed by atoms with van der Waals surface area (Å²) in [5.41, 5.74) is 2.04. The summed E-state index contributed by atoms with van der Waals surface area (Å²) >= 11 is 0. The van der Waals surface area contributed by atoms with E-state index in [1.165, 1.54) is 5.56 Å². The predicted molar refractivity (Wildman–Crippen MR) is 64.2 cm³/mol. The molecule has 0 amide bonds. The number of hydrogen-bond donors (Lipinski definition) is 1.